The zero-order valence-electron chi connectivity index (χ0n) is 14.9. The zero-order chi connectivity index (χ0) is 19.7. The summed E-state index contributed by atoms with van der Waals surface area (Å²) in [5, 5.41) is 2.19. The molecule has 0 spiro atoms. The van der Waals surface area contributed by atoms with Gasteiger partial charge in [-0.2, -0.15) is 0 Å². The van der Waals surface area contributed by atoms with Crippen molar-refractivity contribution in [2.75, 3.05) is 18.3 Å². The molecule has 4 amide bonds. The highest BCUT2D eigenvalue weighted by Gasteiger charge is 2.36. The van der Waals surface area contributed by atoms with Crippen molar-refractivity contribution >= 4 is 29.6 Å². The molecule has 8 heteroatoms. The van der Waals surface area contributed by atoms with Crippen molar-refractivity contribution in [1.82, 2.24) is 5.32 Å². The molecule has 0 aliphatic carbocycles. The number of imide groups is 2. The summed E-state index contributed by atoms with van der Waals surface area (Å²) < 4.78 is 15.9. The Kier molecular flexibility index (Phi) is 4.44. The third kappa shape index (κ3) is 3.16. The maximum absolute atomic E-state index is 12.9. The van der Waals surface area contributed by atoms with Crippen molar-refractivity contribution in [3.8, 4) is 17.2 Å². The lowest BCUT2D eigenvalue weighted by Crippen LogP contribution is -2.54. The third-order valence-corrected chi connectivity index (χ3v) is 4.22. The van der Waals surface area contributed by atoms with Gasteiger partial charge in [-0.1, -0.05) is 6.07 Å². The Morgan fingerprint density at radius 1 is 1.07 bits per heavy atom. The Hall–Kier alpha value is -3.81. The van der Waals surface area contributed by atoms with Gasteiger partial charge in [0, 0.05) is 0 Å². The van der Waals surface area contributed by atoms with E-state index in [0.717, 1.165) is 4.90 Å². The van der Waals surface area contributed by atoms with E-state index in [0.29, 0.717) is 35.1 Å². The van der Waals surface area contributed by atoms with Gasteiger partial charge in [-0.15, -0.1) is 0 Å². The number of carbonyl (C=O) groups is 3. The molecule has 1 saturated heterocycles. The highest BCUT2D eigenvalue weighted by molar-refractivity contribution is 6.39. The molecule has 0 saturated carbocycles. The summed E-state index contributed by atoms with van der Waals surface area (Å²) in [5.74, 6) is 0.263. The second-order valence-electron chi connectivity index (χ2n) is 6.00. The molecule has 142 valence electrons. The van der Waals surface area contributed by atoms with Gasteiger partial charge in [0.2, 0.25) is 6.79 Å². The fourth-order valence-corrected chi connectivity index (χ4v) is 2.92. The van der Waals surface area contributed by atoms with Crippen LogP contribution in [-0.4, -0.2) is 31.2 Å². The molecular weight excluding hydrogens is 364 g/mol. The minimum Gasteiger partial charge on any atom is -0.494 e. The molecule has 1 N–H and O–H groups in total. The minimum atomic E-state index is -0.804. The molecule has 0 bridgehead atoms. The topological polar surface area (TPSA) is 94.2 Å². The number of nitrogens with zero attached hydrogens (tertiary/aromatic N) is 1. The first-order valence-electron chi connectivity index (χ1n) is 8.61. The molecule has 1 fully saturated rings. The lowest BCUT2D eigenvalue weighted by molar-refractivity contribution is -0.122. The van der Waals surface area contributed by atoms with Gasteiger partial charge < -0.3 is 14.2 Å². The van der Waals surface area contributed by atoms with Gasteiger partial charge in [0.05, 0.1) is 12.3 Å². The van der Waals surface area contributed by atoms with Crippen molar-refractivity contribution in [3.63, 3.8) is 0 Å². The van der Waals surface area contributed by atoms with E-state index in [2.05, 4.69) is 5.32 Å². The summed E-state index contributed by atoms with van der Waals surface area (Å²) in [6.45, 7) is 2.47. The van der Waals surface area contributed by atoms with Gasteiger partial charge in [-0.25, -0.2) is 9.69 Å². The molecule has 2 heterocycles. The summed E-state index contributed by atoms with van der Waals surface area (Å²) in [7, 11) is 0. The fourth-order valence-electron chi connectivity index (χ4n) is 2.92. The number of hydrogen-bond acceptors (Lipinski definition) is 6. The van der Waals surface area contributed by atoms with E-state index < -0.39 is 17.8 Å². The van der Waals surface area contributed by atoms with Crippen molar-refractivity contribution in [3.05, 3.63) is 53.6 Å². The van der Waals surface area contributed by atoms with Crippen LogP contribution in [0.3, 0.4) is 0 Å². The van der Waals surface area contributed by atoms with Crippen LogP contribution in [0.25, 0.3) is 6.08 Å². The highest BCUT2D eigenvalue weighted by Crippen LogP contribution is 2.33. The van der Waals surface area contributed by atoms with Crippen LogP contribution in [0.2, 0.25) is 0 Å². The van der Waals surface area contributed by atoms with E-state index in [4.69, 9.17) is 14.2 Å². The maximum atomic E-state index is 12.9. The van der Waals surface area contributed by atoms with Crippen molar-refractivity contribution in [2.24, 2.45) is 0 Å². The number of rotatable bonds is 4. The van der Waals surface area contributed by atoms with Crippen molar-refractivity contribution in [2.45, 2.75) is 6.92 Å². The maximum Gasteiger partial charge on any atom is 0.335 e. The van der Waals surface area contributed by atoms with Crippen LogP contribution < -0.4 is 24.4 Å². The van der Waals surface area contributed by atoms with Crippen molar-refractivity contribution in [1.29, 1.82) is 0 Å². The van der Waals surface area contributed by atoms with E-state index >= 15 is 0 Å². The van der Waals surface area contributed by atoms with Crippen molar-refractivity contribution < 1.29 is 28.6 Å². The Balaban J connectivity index is 1.66. The number of carbonyl (C=O) groups excluding carboxylic acids is 3. The SMILES string of the molecule is CCOc1ccc(N2C(=O)NC(=O)C(=Cc3ccc4c(c3)OCO4)C2=O)cc1. The molecule has 0 aromatic heterocycles. The molecule has 0 unspecified atom stereocenters. The van der Waals surface area contributed by atoms with Gasteiger partial charge >= 0.3 is 6.03 Å². The summed E-state index contributed by atoms with van der Waals surface area (Å²) in [4.78, 5) is 38.3. The number of fused-ring (bicyclic) bond motifs is 1. The normalized spacial score (nSPS) is 17.1. The van der Waals surface area contributed by atoms with E-state index in [1.54, 1.807) is 42.5 Å². The van der Waals surface area contributed by atoms with Crippen LogP contribution in [0.4, 0.5) is 10.5 Å². The van der Waals surface area contributed by atoms with E-state index in [1.807, 2.05) is 6.92 Å². The number of benzene rings is 2. The van der Waals surface area contributed by atoms with Gasteiger partial charge in [-0.3, -0.25) is 14.9 Å². The number of anilines is 1. The predicted octanol–water partition coefficient (Wildman–Crippen LogP) is 2.48. The molecule has 8 nitrogen and oxygen atoms in total. The predicted molar refractivity (Wildman–Crippen MR) is 99.2 cm³/mol. The van der Waals surface area contributed by atoms with E-state index in [1.165, 1.54) is 6.08 Å². The lowest BCUT2D eigenvalue weighted by Gasteiger charge is -2.26. The van der Waals surface area contributed by atoms with Gasteiger partial charge in [0.15, 0.2) is 11.5 Å². The monoisotopic (exact) mass is 380 g/mol. The standard InChI is InChI=1S/C20H16N2O6/c1-2-26-14-6-4-13(5-7-14)22-19(24)15(18(23)21-20(22)25)9-12-3-8-16-17(10-12)28-11-27-16/h3-10H,2,11H2,1H3,(H,21,23,25). The first kappa shape index (κ1) is 17.6. The number of nitrogens with one attached hydrogen (secondary N) is 1. The van der Waals surface area contributed by atoms with Gasteiger partial charge in [0.25, 0.3) is 11.8 Å². The lowest BCUT2D eigenvalue weighted by atomic mass is 10.1. The van der Waals surface area contributed by atoms with Gasteiger partial charge in [0.1, 0.15) is 11.3 Å². The molecule has 4 rings (SSSR count). The first-order valence-corrected chi connectivity index (χ1v) is 8.61. The smallest absolute Gasteiger partial charge is 0.335 e. The second-order valence-corrected chi connectivity index (χ2v) is 6.00. The molecule has 2 aliphatic rings. The summed E-state index contributed by atoms with van der Waals surface area (Å²) >= 11 is 0. The largest absolute Gasteiger partial charge is 0.494 e. The summed E-state index contributed by atoms with van der Waals surface area (Å²) in [6, 6.07) is 10.7. The Labute approximate surface area is 160 Å². The molecule has 2 aliphatic heterocycles. The first-order chi connectivity index (χ1) is 13.6. The molecular formula is C20H16N2O6. The minimum absolute atomic E-state index is 0.120. The molecule has 28 heavy (non-hydrogen) atoms. The van der Waals surface area contributed by atoms with Crippen LogP contribution >= 0.6 is 0 Å². The number of barbiturate groups is 1. The van der Waals surface area contributed by atoms with Gasteiger partial charge in [-0.05, 0) is 55.0 Å². The highest BCUT2D eigenvalue weighted by atomic mass is 16.7. The van der Waals surface area contributed by atoms with Crippen LogP contribution in [0.15, 0.2) is 48.0 Å². The van der Waals surface area contributed by atoms with E-state index in [-0.39, 0.29) is 12.4 Å². The Bertz CT molecular complexity index is 996. The Morgan fingerprint density at radius 2 is 1.82 bits per heavy atom. The second kappa shape index (κ2) is 7.07. The quantitative estimate of drug-likeness (QED) is 0.647. The molecule has 2 aromatic rings. The molecule has 0 radical (unpaired) electrons. The zero-order valence-corrected chi connectivity index (χ0v) is 14.9. The Morgan fingerprint density at radius 3 is 2.57 bits per heavy atom. The average molecular weight is 380 g/mol. The van der Waals surface area contributed by atoms with Crippen LogP contribution in [0.5, 0.6) is 17.2 Å². The molecule has 0 atom stereocenters. The average Bonchev–Trinajstić information content (AvgIpc) is 3.14. The molecule has 2 aromatic carbocycles. The number of ether oxygens (including phenoxy) is 3. The number of hydrogen-bond donors (Lipinski definition) is 1. The van der Waals surface area contributed by atoms with Crippen LogP contribution in [0.1, 0.15) is 12.5 Å². The number of amides is 4. The summed E-state index contributed by atoms with van der Waals surface area (Å²) in [6.07, 6.45) is 1.41. The number of urea groups is 1. The van der Waals surface area contributed by atoms with Crippen LogP contribution in [0, 0.1) is 0 Å². The summed E-state index contributed by atoms with van der Waals surface area (Å²) in [5.41, 5.74) is 0.742. The van der Waals surface area contributed by atoms with E-state index in [9.17, 15) is 14.4 Å². The third-order valence-electron chi connectivity index (χ3n) is 4.22. The fraction of sp³-hybridized carbons (Fsp3) is 0.150. The van der Waals surface area contributed by atoms with Crippen LogP contribution in [-0.2, 0) is 9.59 Å².